The monoisotopic (exact) mass is 538 g/mol. The number of rotatable bonds is 8. The van der Waals surface area contributed by atoms with Gasteiger partial charge in [0.2, 0.25) is 0 Å². The molecule has 0 spiro atoms. The molecule has 4 heteroatoms. The standard InChI is InChI=1S/C18H25N3.C9H14.C4H11N.2C2H6/c1-4-17-5-8-18(9-6-17,10-7-17)12-20-15(3)16-14(2)11-19-13-21-16;1-5-6-7-9(4)8(2)3;1-3-4(2)5;2*1-2/h4,13,20H,1-3,5-12H2;5-7H,2H2,1,3-4H3;4H,3,5H2,1-2H3;2*1-2H3/b;6-5+,9-7+;;;. The first-order valence-electron chi connectivity index (χ1n) is 15.1. The number of allylic oxidation sites excluding steroid dienone is 7. The van der Waals surface area contributed by atoms with E-state index in [4.69, 9.17) is 5.73 Å². The van der Waals surface area contributed by atoms with Crippen molar-refractivity contribution in [3.8, 4) is 0 Å². The lowest BCUT2D eigenvalue weighted by Gasteiger charge is -2.52. The van der Waals surface area contributed by atoms with E-state index < -0.39 is 0 Å². The summed E-state index contributed by atoms with van der Waals surface area (Å²) in [5.74, 6) is 0. The van der Waals surface area contributed by atoms with Gasteiger partial charge in [-0.3, -0.25) is 4.99 Å². The quantitative estimate of drug-likeness (QED) is 0.239. The number of hydrogen-bond acceptors (Lipinski definition) is 4. The van der Waals surface area contributed by atoms with Crippen molar-refractivity contribution in [1.29, 1.82) is 0 Å². The van der Waals surface area contributed by atoms with Crippen molar-refractivity contribution in [2.45, 2.75) is 113 Å². The number of nitrogens with two attached hydrogens (primary N) is 1. The summed E-state index contributed by atoms with van der Waals surface area (Å²) in [7, 11) is 0. The number of aliphatic imine (C=N–C) groups is 2. The molecule has 39 heavy (non-hydrogen) atoms. The van der Waals surface area contributed by atoms with Crippen molar-refractivity contribution < 1.29 is 0 Å². The molecule has 2 bridgehead atoms. The largest absolute Gasteiger partial charge is 0.383 e. The van der Waals surface area contributed by atoms with Gasteiger partial charge in [-0.2, -0.15) is 0 Å². The highest BCUT2D eigenvalue weighted by Gasteiger charge is 2.46. The van der Waals surface area contributed by atoms with Crippen LogP contribution in [0.25, 0.3) is 0 Å². The predicted molar refractivity (Wildman–Crippen MR) is 180 cm³/mol. The molecule has 0 radical (unpaired) electrons. The summed E-state index contributed by atoms with van der Waals surface area (Å²) in [4.78, 5) is 8.41. The van der Waals surface area contributed by atoms with Gasteiger partial charge in [-0.1, -0.05) is 84.2 Å². The Morgan fingerprint density at radius 1 is 1.08 bits per heavy atom. The van der Waals surface area contributed by atoms with Crippen LogP contribution in [0.4, 0.5) is 0 Å². The Morgan fingerprint density at radius 2 is 1.59 bits per heavy atom. The molecule has 3 N–H and O–H groups in total. The van der Waals surface area contributed by atoms with Gasteiger partial charge in [0.15, 0.2) is 0 Å². The second-order valence-electron chi connectivity index (χ2n) is 10.5. The highest BCUT2D eigenvalue weighted by atomic mass is 15.0. The van der Waals surface area contributed by atoms with Gasteiger partial charge in [0.05, 0.1) is 18.0 Å². The summed E-state index contributed by atoms with van der Waals surface area (Å²) in [6, 6.07) is 0.384. The molecular weight excluding hydrogens is 476 g/mol. The first kappa shape index (κ1) is 38.7. The average molecular weight is 539 g/mol. The van der Waals surface area contributed by atoms with Gasteiger partial charge in [-0.15, -0.1) is 6.58 Å². The number of nitrogens with zero attached hydrogens (tertiary/aromatic N) is 2. The van der Waals surface area contributed by atoms with Crippen LogP contribution in [0, 0.1) is 10.8 Å². The van der Waals surface area contributed by atoms with Gasteiger partial charge in [0.25, 0.3) is 0 Å². The normalized spacial score (nSPS) is 23.7. The fourth-order valence-electron chi connectivity index (χ4n) is 4.33. The maximum atomic E-state index is 5.29. The summed E-state index contributed by atoms with van der Waals surface area (Å²) >= 11 is 0. The summed E-state index contributed by atoms with van der Waals surface area (Å²) < 4.78 is 0. The van der Waals surface area contributed by atoms with Crippen molar-refractivity contribution in [2.75, 3.05) is 13.1 Å². The molecule has 3 saturated carbocycles. The SMILES string of the molecule is C=C(C)/C(C)=C/C=C/C.C=CC12CCC(CNC(=C)C3=NC=NCC3=C)(CC1)CC2.CC.CC.CCC(C)N. The van der Waals surface area contributed by atoms with E-state index in [0.29, 0.717) is 23.4 Å². The van der Waals surface area contributed by atoms with E-state index in [2.05, 4.69) is 67.6 Å². The molecule has 222 valence electrons. The molecule has 0 amide bonds. The second kappa shape index (κ2) is 21.4. The van der Waals surface area contributed by atoms with E-state index >= 15 is 0 Å². The molecule has 1 aliphatic heterocycles. The van der Waals surface area contributed by atoms with Gasteiger partial charge >= 0.3 is 0 Å². The first-order valence-corrected chi connectivity index (χ1v) is 15.1. The van der Waals surface area contributed by atoms with Crippen LogP contribution in [0.2, 0.25) is 0 Å². The van der Waals surface area contributed by atoms with E-state index in [1.807, 2.05) is 60.6 Å². The Labute approximate surface area is 243 Å². The minimum absolute atomic E-state index is 0.384. The third-order valence-corrected chi connectivity index (χ3v) is 7.60. The average Bonchev–Trinajstić information content (AvgIpc) is 2.98. The van der Waals surface area contributed by atoms with E-state index in [0.717, 1.165) is 35.5 Å². The lowest BCUT2D eigenvalue weighted by molar-refractivity contribution is 0.0242. The van der Waals surface area contributed by atoms with Crippen LogP contribution in [0.15, 0.2) is 83.0 Å². The summed E-state index contributed by atoms with van der Waals surface area (Å²) in [6.07, 6.45) is 18.8. The molecule has 4 nitrogen and oxygen atoms in total. The van der Waals surface area contributed by atoms with E-state index in [1.54, 1.807) is 6.34 Å². The summed E-state index contributed by atoms with van der Waals surface area (Å²) in [5, 5.41) is 3.53. The molecule has 1 heterocycles. The Morgan fingerprint density at radius 3 is 1.97 bits per heavy atom. The zero-order chi connectivity index (χ0) is 30.5. The minimum atomic E-state index is 0.384. The van der Waals surface area contributed by atoms with Crippen LogP contribution in [0.1, 0.15) is 107 Å². The lowest BCUT2D eigenvalue weighted by Crippen LogP contribution is -2.46. The molecule has 4 rings (SSSR count). The number of nitrogens with one attached hydrogen (secondary N) is 1. The second-order valence-corrected chi connectivity index (χ2v) is 10.5. The van der Waals surface area contributed by atoms with Crippen LogP contribution in [-0.4, -0.2) is 31.2 Å². The highest BCUT2D eigenvalue weighted by molar-refractivity contribution is 6.15. The highest BCUT2D eigenvalue weighted by Crippen LogP contribution is 2.57. The van der Waals surface area contributed by atoms with Gasteiger partial charge in [0.1, 0.15) is 6.34 Å². The lowest BCUT2D eigenvalue weighted by atomic mass is 9.54. The third-order valence-electron chi connectivity index (χ3n) is 7.60. The maximum Gasteiger partial charge on any atom is 0.111 e. The molecule has 0 aromatic rings. The number of hydrogen-bond donors (Lipinski definition) is 2. The Balaban J connectivity index is 0. The van der Waals surface area contributed by atoms with E-state index in [1.165, 1.54) is 44.1 Å². The molecular formula is C35H62N4. The number of fused-ring (bicyclic) bond motifs is 3. The van der Waals surface area contributed by atoms with Gasteiger partial charge in [-0.25, -0.2) is 4.99 Å². The fraction of sp³-hybridized carbons (Fsp3) is 0.600. The Kier molecular flexibility index (Phi) is 21.2. The van der Waals surface area contributed by atoms with Crippen molar-refractivity contribution in [3.63, 3.8) is 0 Å². The van der Waals surface area contributed by atoms with Crippen molar-refractivity contribution in [1.82, 2.24) is 5.32 Å². The molecule has 3 aliphatic carbocycles. The van der Waals surface area contributed by atoms with Crippen LogP contribution >= 0.6 is 0 Å². The maximum absolute atomic E-state index is 5.29. The van der Waals surface area contributed by atoms with E-state index in [-0.39, 0.29) is 0 Å². The zero-order valence-electron chi connectivity index (χ0n) is 27.1. The molecule has 0 aromatic heterocycles. The molecule has 3 fully saturated rings. The molecule has 1 unspecified atom stereocenters. The van der Waals surface area contributed by atoms with E-state index in [9.17, 15) is 0 Å². The Hall–Kier alpha value is -2.46. The Bertz CT molecular complexity index is 843. The topological polar surface area (TPSA) is 62.8 Å². The third kappa shape index (κ3) is 14.5. The summed E-state index contributed by atoms with van der Waals surface area (Å²) in [5.41, 5.74) is 11.3. The van der Waals surface area contributed by atoms with Crippen LogP contribution < -0.4 is 11.1 Å². The van der Waals surface area contributed by atoms with Gasteiger partial charge < -0.3 is 11.1 Å². The fourth-order valence-corrected chi connectivity index (χ4v) is 4.33. The molecule has 0 saturated heterocycles. The first-order chi connectivity index (χ1) is 18.5. The van der Waals surface area contributed by atoms with Crippen LogP contribution in [0.5, 0.6) is 0 Å². The molecule has 1 atom stereocenters. The predicted octanol–water partition coefficient (Wildman–Crippen LogP) is 9.54. The molecule has 0 aromatic carbocycles. The van der Waals surface area contributed by atoms with Gasteiger partial charge in [-0.05, 0) is 94.6 Å². The van der Waals surface area contributed by atoms with Crippen molar-refractivity contribution in [3.05, 3.63) is 73.0 Å². The van der Waals surface area contributed by atoms with Crippen molar-refractivity contribution in [2.24, 2.45) is 26.5 Å². The zero-order valence-corrected chi connectivity index (χ0v) is 27.1. The smallest absolute Gasteiger partial charge is 0.111 e. The van der Waals surface area contributed by atoms with Crippen LogP contribution in [-0.2, 0) is 0 Å². The van der Waals surface area contributed by atoms with Gasteiger partial charge in [0, 0.05) is 12.6 Å². The van der Waals surface area contributed by atoms with Crippen molar-refractivity contribution >= 4 is 12.1 Å². The van der Waals surface area contributed by atoms with Crippen LogP contribution in [0.3, 0.4) is 0 Å². The summed E-state index contributed by atoms with van der Waals surface area (Å²) in [6.45, 7) is 35.8. The minimum Gasteiger partial charge on any atom is -0.383 e. The molecule has 4 aliphatic rings.